The number of carbonyl (C=O) groups excluding carboxylic acids is 1. The molecule has 3 rings (SSSR count). The van der Waals surface area contributed by atoms with Crippen molar-refractivity contribution in [3.63, 3.8) is 0 Å². The Kier molecular flexibility index (Phi) is 3.43. The molecule has 3 aromatic rings. The van der Waals surface area contributed by atoms with Crippen LogP contribution in [0.4, 0.5) is 5.69 Å². The van der Waals surface area contributed by atoms with Crippen LogP contribution in [-0.4, -0.2) is 11.0 Å². The minimum atomic E-state index is -0.402. The van der Waals surface area contributed by atoms with Crippen molar-refractivity contribution < 1.29 is 14.3 Å². The van der Waals surface area contributed by atoms with Gasteiger partial charge in [0.05, 0.1) is 12.0 Å². The van der Waals surface area contributed by atoms with Gasteiger partial charge in [-0.2, -0.15) is 0 Å². The highest BCUT2D eigenvalue weighted by molar-refractivity contribution is 6.03. The fourth-order valence-electron chi connectivity index (χ4n) is 2.04. The number of hydrogen-bond acceptors (Lipinski definition) is 3. The van der Waals surface area contributed by atoms with E-state index in [-0.39, 0.29) is 11.5 Å². The van der Waals surface area contributed by atoms with E-state index in [0.717, 1.165) is 11.1 Å². The number of carbonyl (C=O) groups is 1. The molecule has 0 atom stereocenters. The summed E-state index contributed by atoms with van der Waals surface area (Å²) >= 11 is 0. The molecule has 1 heterocycles. The van der Waals surface area contributed by atoms with Crippen molar-refractivity contribution in [2.75, 3.05) is 5.32 Å². The first kappa shape index (κ1) is 13.0. The number of aromatic hydroxyl groups is 1. The normalized spacial score (nSPS) is 10.3. The molecular formula is C17H13NO3. The molecule has 0 aliphatic heterocycles. The van der Waals surface area contributed by atoms with Crippen molar-refractivity contribution in [3.05, 3.63) is 72.7 Å². The molecule has 0 unspecified atom stereocenters. The monoisotopic (exact) mass is 279 g/mol. The van der Waals surface area contributed by atoms with Gasteiger partial charge in [0.25, 0.3) is 5.91 Å². The maximum atomic E-state index is 12.0. The van der Waals surface area contributed by atoms with Crippen LogP contribution in [-0.2, 0) is 0 Å². The van der Waals surface area contributed by atoms with Gasteiger partial charge in [-0.1, -0.05) is 36.4 Å². The third kappa shape index (κ3) is 2.79. The molecule has 4 nitrogen and oxygen atoms in total. The summed E-state index contributed by atoms with van der Waals surface area (Å²) in [5.74, 6) is -0.199. The van der Waals surface area contributed by atoms with Gasteiger partial charge < -0.3 is 14.8 Å². The zero-order valence-electron chi connectivity index (χ0n) is 11.1. The first-order chi connectivity index (χ1) is 10.2. The third-order valence-corrected chi connectivity index (χ3v) is 3.10. The number of nitrogens with one attached hydrogen (secondary N) is 1. The van der Waals surface area contributed by atoms with E-state index in [9.17, 15) is 9.90 Å². The number of phenolic OH excluding ortho intramolecular Hbond substituents is 1. The Hall–Kier alpha value is -3.01. The van der Waals surface area contributed by atoms with Crippen LogP contribution in [0.1, 0.15) is 10.6 Å². The van der Waals surface area contributed by atoms with Gasteiger partial charge in [0.2, 0.25) is 0 Å². The van der Waals surface area contributed by atoms with Crippen LogP contribution < -0.4 is 5.32 Å². The fraction of sp³-hybridized carbons (Fsp3) is 0. The Labute approximate surface area is 121 Å². The van der Waals surface area contributed by atoms with Crippen molar-refractivity contribution in [2.45, 2.75) is 0 Å². The number of hydrogen-bond donors (Lipinski definition) is 2. The summed E-state index contributed by atoms with van der Waals surface area (Å²) in [7, 11) is 0. The Morgan fingerprint density at radius 1 is 0.952 bits per heavy atom. The van der Waals surface area contributed by atoms with Gasteiger partial charge in [-0.3, -0.25) is 4.79 Å². The first-order valence-corrected chi connectivity index (χ1v) is 6.47. The van der Waals surface area contributed by atoms with Crippen LogP contribution in [0.5, 0.6) is 5.75 Å². The SMILES string of the molecule is O=C(Nc1cc(-c2ccccc2)ccc1O)c1ccco1. The second-order valence-corrected chi connectivity index (χ2v) is 4.53. The topological polar surface area (TPSA) is 62.5 Å². The van der Waals surface area contributed by atoms with E-state index in [1.807, 2.05) is 30.3 Å². The second-order valence-electron chi connectivity index (χ2n) is 4.53. The molecule has 0 aliphatic carbocycles. The quantitative estimate of drug-likeness (QED) is 0.715. The van der Waals surface area contributed by atoms with Crippen LogP contribution in [0.15, 0.2) is 71.3 Å². The number of furan rings is 1. The van der Waals surface area contributed by atoms with E-state index in [0.29, 0.717) is 5.69 Å². The number of anilines is 1. The van der Waals surface area contributed by atoms with Crippen LogP contribution in [0.2, 0.25) is 0 Å². The maximum absolute atomic E-state index is 12.0. The van der Waals surface area contributed by atoms with Crippen LogP contribution in [0.3, 0.4) is 0 Å². The minimum absolute atomic E-state index is 0.00888. The molecule has 21 heavy (non-hydrogen) atoms. The van der Waals surface area contributed by atoms with E-state index >= 15 is 0 Å². The van der Waals surface area contributed by atoms with Gasteiger partial charge in [0.1, 0.15) is 5.75 Å². The first-order valence-electron chi connectivity index (χ1n) is 6.47. The lowest BCUT2D eigenvalue weighted by molar-refractivity contribution is 0.0996. The van der Waals surface area contributed by atoms with Gasteiger partial charge in [0, 0.05) is 0 Å². The molecule has 0 saturated carbocycles. The van der Waals surface area contributed by atoms with Crippen molar-refractivity contribution in [3.8, 4) is 16.9 Å². The predicted octanol–water partition coefficient (Wildman–Crippen LogP) is 3.90. The molecule has 1 amide bonds. The highest BCUT2D eigenvalue weighted by Crippen LogP contribution is 2.30. The van der Waals surface area contributed by atoms with E-state index in [4.69, 9.17) is 4.42 Å². The summed E-state index contributed by atoms with van der Waals surface area (Å²) in [5.41, 5.74) is 2.26. The molecule has 2 N–H and O–H groups in total. The second kappa shape index (κ2) is 5.54. The Morgan fingerprint density at radius 2 is 1.76 bits per heavy atom. The Morgan fingerprint density at radius 3 is 2.48 bits per heavy atom. The molecule has 0 fully saturated rings. The molecule has 0 bridgehead atoms. The summed E-state index contributed by atoms with van der Waals surface area (Å²) in [6, 6.07) is 18.0. The molecule has 0 spiro atoms. The van der Waals surface area contributed by atoms with Gasteiger partial charge in [-0.25, -0.2) is 0 Å². The molecule has 4 heteroatoms. The van der Waals surface area contributed by atoms with E-state index in [1.165, 1.54) is 6.26 Å². The van der Waals surface area contributed by atoms with E-state index < -0.39 is 5.91 Å². The van der Waals surface area contributed by atoms with Crippen LogP contribution in [0.25, 0.3) is 11.1 Å². The third-order valence-electron chi connectivity index (χ3n) is 3.10. The number of rotatable bonds is 3. The Balaban J connectivity index is 1.90. The molecule has 0 radical (unpaired) electrons. The van der Waals surface area contributed by atoms with Crippen molar-refractivity contribution in [1.82, 2.24) is 0 Å². The fourth-order valence-corrected chi connectivity index (χ4v) is 2.04. The molecule has 0 aliphatic rings. The van der Waals surface area contributed by atoms with Crippen LogP contribution in [0, 0.1) is 0 Å². The highest BCUT2D eigenvalue weighted by atomic mass is 16.3. The predicted molar refractivity (Wildman–Crippen MR) is 80.2 cm³/mol. The zero-order chi connectivity index (χ0) is 14.7. The molecule has 1 aromatic heterocycles. The van der Waals surface area contributed by atoms with E-state index in [1.54, 1.807) is 30.3 Å². The van der Waals surface area contributed by atoms with Gasteiger partial charge in [-0.05, 0) is 35.4 Å². The molecule has 0 saturated heterocycles. The lowest BCUT2D eigenvalue weighted by Gasteiger charge is -2.09. The number of amides is 1. The summed E-state index contributed by atoms with van der Waals surface area (Å²) in [6.07, 6.45) is 1.43. The van der Waals surface area contributed by atoms with Crippen molar-refractivity contribution in [2.24, 2.45) is 0 Å². The van der Waals surface area contributed by atoms with Crippen LogP contribution >= 0.6 is 0 Å². The number of phenols is 1. The average Bonchev–Trinajstić information content (AvgIpc) is 3.05. The lowest BCUT2D eigenvalue weighted by atomic mass is 10.0. The minimum Gasteiger partial charge on any atom is -0.506 e. The van der Waals surface area contributed by atoms with Gasteiger partial charge in [-0.15, -0.1) is 0 Å². The standard InChI is InChI=1S/C17H13NO3/c19-15-9-8-13(12-5-2-1-3-6-12)11-14(15)18-17(20)16-7-4-10-21-16/h1-11,19H,(H,18,20). The van der Waals surface area contributed by atoms with Crippen molar-refractivity contribution in [1.29, 1.82) is 0 Å². The van der Waals surface area contributed by atoms with Gasteiger partial charge in [0.15, 0.2) is 5.76 Å². The average molecular weight is 279 g/mol. The highest BCUT2D eigenvalue weighted by Gasteiger charge is 2.12. The lowest BCUT2D eigenvalue weighted by Crippen LogP contribution is -2.10. The Bertz CT molecular complexity index is 749. The zero-order valence-corrected chi connectivity index (χ0v) is 11.1. The largest absolute Gasteiger partial charge is 0.506 e. The smallest absolute Gasteiger partial charge is 0.291 e. The van der Waals surface area contributed by atoms with Crippen molar-refractivity contribution >= 4 is 11.6 Å². The number of benzene rings is 2. The summed E-state index contributed by atoms with van der Waals surface area (Å²) in [5, 5.41) is 12.5. The molecule has 2 aromatic carbocycles. The molecular weight excluding hydrogens is 266 g/mol. The van der Waals surface area contributed by atoms with E-state index in [2.05, 4.69) is 5.32 Å². The summed E-state index contributed by atoms with van der Waals surface area (Å²) in [4.78, 5) is 12.0. The summed E-state index contributed by atoms with van der Waals surface area (Å²) < 4.78 is 5.03. The van der Waals surface area contributed by atoms with Gasteiger partial charge >= 0.3 is 0 Å². The molecule has 104 valence electrons. The maximum Gasteiger partial charge on any atom is 0.291 e. The summed E-state index contributed by atoms with van der Waals surface area (Å²) in [6.45, 7) is 0.